The molecule has 0 aromatic heterocycles. The van der Waals surface area contributed by atoms with Crippen molar-refractivity contribution in [1.29, 1.82) is 0 Å². The van der Waals surface area contributed by atoms with E-state index in [1.165, 1.54) is 6.92 Å². The van der Waals surface area contributed by atoms with Gasteiger partial charge in [-0.05, 0) is 12.5 Å². The summed E-state index contributed by atoms with van der Waals surface area (Å²) < 4.78 is 0. The third-order valence-corrected chi connectivity index (χ3v) is 2.57. The van der Waals surface area contributed by atoms with Gasteiger partial charge in [0.15, 0.2) is 0 Å². The van der Waals surface area contributed by atoms with E-state index in [1.807, 2.05) is 0 Å². The van der Waals surface area contributed by atoms with Gasteiger partial charge in [0.25, 0.3) is 0 Å². The fourth-order valence-electron chi connectivity index (χ4n) is 1.75. The second-order valence-corrected chi connectivity index (χ2v) is 4.10. The molecule has 0 aliphatic heterocycles. The number of carbonyl (C=O) groups is 3. The highest BCUT2D eigenvalue weighted by Gasteiger charge is 2.32. The number of ketones is 2. The number of Topliss-reactive ketones (excluding diaryl/α,β-unsaturated/α-hetero) is 2. The van der Waals surface area contributed by atoms with E-state index in [2.05, 4.69) is 0 Å². The lowest BCUT2D eigenvalue weighted by molar-refractivity contribution is -0.141. The minimum atomic E-state index is -1.35. The van der Waals surface area contributed by atoms with E-state index in [0.717, 1.165) is 0 Å². The number of hydrogen-bond acceptors (Lipinski definition) is 4. The molecule has 96 valence electrons. The van der Waals surface area contributed by atoms with Gasteiger partial charge in [-0.15, -0.1) is 0 Å². The summed E-state index contributed by atoms with van der Waals surface area (Å²) in [6.45, 7) is 1.28. The predicted octanol–water partition coefficient (Wildman–Crippen LogP) is 0.730. The minimum Gasteiger partial charge on any atom is -0.480 e. The highest BCUT2D eigenvalue weighted by atomic mass is 16.4. The molecule has 0 radical (unpaired) electrons. The van der Waals surface area contributed by atoms with Crippen LogP contribution in [0.3, 0.4) is 0 Å². The van der Waals surface area contributed by atoms with Crippen molar-refractivity contribution in [2.45, 2.75) is 25.3 Å². The van der Waals surface area contributed by atoms with Gasteiger partial charge in [-0.1, -0.05) is 30.3 Å². The molecule has 5 nitrogen and oxygen atoms in total. The molecule has 18 heavy (non-hydrogen) atoms. The lowest BCUT2D eigenvalue weighted by Gasteiger charge is -2.19. The Morgan fingerprint density at radius 1 is 1.22 bits per heavy atom. The van der Waals surface area contributed by atoms with Crippen LogP contribution in [0.15, 0.2) is 30.3 Å². The van der Waals surface area contributed by atoms with Crippen molar-refractivity contribution in [2.24, 2.45) is 5.73 Å². The Morgan fingerprint density at radius 2 is 1.78 bits per heavy atom. The van der Waals surface area contributed by atoms with Gasteiger partial charge in [0.05, 0.1) is 12.3 Å². The largest absolute Gasteiger partial charge is 0.480 e. The van der Waals surface area contributed by atoms with Crippen molar-refractivity contribution in [3.8, 4) is 0 Å². The minimum absolute atomic E-state index is 0.305. The van der Waals surface area contributed by atoms with E-state index in [-0.39, 0.29) is 12.2 Å². The average molecular weight is 249 g/mol. The summed E-state index contributed by atoms with van der Waals surface area (Å²) in [6.07, 6.45) is -0.305. The zero-order valence-electron chi connectivity index (χ0n) is 10.00. The molecule has 0 aliphatic carbocycles. The van der Waals surface area contributed by atoms with E-state index in [9.17, 15) is 14.4 Å². The van der Waals surface area contributed by atoms with Crippen molar-refractivity contribution in [3.05, 3.63) is 35.9 Å². The molecular formula is C13H15NO4. The third kappa shape index (κ3) is 3.49. The van der Waals surface area contributed by atoms with E-state index in [0.29, 0.717) is 5.56 Å². The fraction of sp³-hybridized carbons (Fsp3) is 0.308. The van der Waals surface area contributed by atoms with Crippen LogP contribution in [0, 0.1) is 0 Å². The van der Waals surface area contributed by atoms with E-state index in [1.54, 1.807) is 30.3 Å². The molecule has 2 atom stereocenters. The molecule has 3 N–H and O–H groups in total. The van der Waals surface area contributed by atoms with Gasteiger partial charge in [-0.25, -0.2) is 0 Å². The van der Waals surface area contributed by atoms with Gasteiger partial charge in [-0.2, -0.15) is 0 Å². The van der Waals surface area contributed by atoms with Crippen LogP contribution in [-0.2, 0) is 14.4 Å². The second-order valence-electron chi connectivity index (χ2n) is 4.10. The summed E-state index contributed by atoms with van der Waals surface area (Å²) in [7, 11) is 0. The molecular weight excluding hydrogens is 234 g/mol. The quantitative estimate of drug-likeness (QED) is 0.724. The maximum atomic E-state index is 11.9. The normalized spacial score (nSPS) is 13.7. The highest BCUT2D eigenvalue weighted by Crippen LogP contribution is 2.21. The number of rotatable bonds is 6. The number of benzene rings is 1. The Labute approximate surface area is 105 Å². The van der Waals surface area contributed by atoms with Crippen LogP contribution < -0.4 is 5.73 Å². The summed E-state index contributed by atoms with van der Waals surface area (Å²) in [6, 6.07) is 7.05. The van der Waals surface area contributed by atoms with Crippen LogP contribution in [-0.4, -0.2) is 28.7 Å². The standard InChI is InChI=1S/C13H15NO4/c1-8(15)7-10(16)11(12(14)13(17)18)9-5-3-2-4-6-9/h2-6,11-12H,7,14H2,1H3,(H,17,18)/t11-,12?/m0/s1. The third-order valence-electron chi connectivity index (χ3n) is 2.57. The molecule has 1 aromatic rings. The summed E-state index contributed by atoms with van der Waals surface area (Å²) in [5, 5.41) is 8.93. The lowest BCUT2D eigenvalue weighted by atomic mass is 9.86. The molecule has 0 aliphatic rings. The molecule has 0 heterocycles. The molecule has 1 rings (SSSR count). The average Bonchev–Trinajstić information content (AvgIpc) is 2.29. The highest BCUT2D eigenvalue weighted by molar-refractivity contribution is 6.03. The molecule has 0 spiro atoms. The molecule has 0 amide bonds. The van der Waals surface area contributed by atoms with E-state index in [4.69, 9.17) is 10.8 Å². The monoisotopic (exact) mass is 249 g/mol. The van der Waals surface area contributed by atoms with Gasteiger partial charge in [0, 0.05) is 0 Å². The zero-order chi connectivity index (χ0) is 13.7. The Hall–Kier alpha value is -2.01. The first kappa shape index (κ1) is 14.1. The molecule has 1 aromatic carbocycles. The zero-order valence-corrected chi connectivity index (χ0v) is 10.00. The Bertz CT molecular complexity index is 455. The molecule has 0 fully saturated rings. The molecule has 0 saturated carbocycles. The van der Waals surface area contributed by atoms with E-state index < -0.39 is 23.7 Å². The topological polar surface area (TPSA) is 97.5 Å². The number of nitrogens with two attached hydrogens (primary N) is 1. The van der Waals surface area contributed by atoms with Crippen LogP contribution in [0.25, 0.3) is 0 Å². The SMILES string of the molecule is CC(=O)CC(=O)[C@H](c1ccccc1)C(N)C(=O)O. The van der Waals surface area contributed by atoms with Crippen molar-refractivity contribution < 1.29 is 19.5 Å². The Kier molecular flexibility index (Phi) is 4.74. The van der Waals surface area contributed by atoms with Gasteiger partial charge >= 0.3 is 5.97 Å². The van der Waals surface area contributed by atoms with Crippen LogP contribution >= 0.6 is 0 Å². The second kappa shape index (κ2) is 6.07. The lowest BCUT2D eigenvalue weighted by Crippen LogP contribution is -2.40. The first-order valence-electron chi connectivity index (χ1n) is 5.49. The molecule has 5 heteroatoms. The van der Waals surface area contributed by atoms with Crippen molar-refractivity contribution in [1.82, 2.24) is 0 Å². The van der Waals surface area contributed by atoms with Crippen molar-refractivity contribution in [2.75, 3.05) is 0 Å². The van der Waals surface area contributed by atoms with Gasteiger partial charge in [-0.3, -0.25) is 14.4 Å². The number of carboxylic acids is 1. The summed E-state index contributed by atoms with van der Waals surface area (Å²) >= 11 is 0. The smallest absolute Gasteiger partial charge is 0.321 e. The number of aliphatic carboxylic acids is 1. The number of carbonyl (C=O) groups excluding carboxylic acids is 2. The van der Waals surface area contributed by atoms with Gasteiger partial charge in [0.2, 0.25) is 0 Å². The van der Waals surface area contributed by atoms with Crippen LogP contribution in [0.5, 0.6) is 0 Å². The van der Waals surface area contributed by atoms with Crippen molar-refractivity contribution in [3.63, 3.8) is 0 Å². The Morgan fingerprint density at radius 3 is 2.22 bits per heavy atom. The molecule has 1 unspecified atom stereocenters. The first-order chi connectivity index (χ1) is 8.43. The van der Waals surface area contributed by atoms with E-state index >= 15 is 0 Å². The van der Waals surface area contributed by atoms with Gasteiger partial charge < -0.3 is 10.8 Å². The first-order valence-corrected chi connectivity index (χ1v) is 5.49. The molecule has 0 bridgehead atoms. The fourth-order valence-corrected chi connectivity index (χ4v) is 1.75. The summed E-state index contributed by atoms with van der Waals surface area (Å²) in [4.78, 5) is 33.9. The maximum absolute atomic E-state index is 11.9. The van der Waals surface area contributed by atoms with Crippen LogP contribution in [0.2, 0.25) is 0 Å². The van der Waals surface area contributed by atoms with Crippen LogP contribution in [0.1, 0.15) is 24.8 Å². The summed E-state index contributed by atoms with van der Waals surface area (Å²) in [5.41, 5.74) is 6.05. The maximum Gasteiger partial charge on any atom is 0.321 e. The van der Waals surface area contributed by atoms with Crippen molar-refractivity contribution >= 4 is 17.5 Å². The summed E-state index contributed by atoms with van der Waals surface area (Å²) in [5.74, 6) is -3.03. The predicted molar refractivity (Wildman–Crippen MR) is 65.1 cm³/mol. The Balaban J connectivity index is 3.07. The van der Waals surface area contributed by atoms with Crippen LogP contribution in [0.4, 0.5) is 0 Å². The number of carboxylic acid groups (broad SMARTS) is 1. The number of hydrogen-bond donors (Lipinski definition) is 2. The molecule has 0 saturated heterocycles. The van der Waals surface area contributed by atoms with Gasteiger partial charge in [0.1, 0.15) is 17.6 Å².